The van der Waals surface area contributed by atoms with Crippen molar-refractivity contribution in [3.8, 4) is 17.2 Å². The molecule has 2 aliphatic heterocycles. The molecule has 0 radical (unpaired) electrons. The molecular formula is C22H19NO4S. The molecule has 0 bridgehead atoms. The monoisotopic (exact) mass is 393 g/mol. The molecule has 142 valence electrons. The molecule has 2 aliphatic rings. The Morgan fingerprint density at radius 2 is 1.93 bits per heavy atom. The lowest BCUT2D eigenvalue weighted by molar-refractivity contribution is -0.165. The van der Waals surface area contributed by atoms with E-state index in [0.29, 0.717) is 12.3 Å². The highest BCUT2D eigenvalue weighted by Crippen LogP contribution is 2.43. The van der Waals surface area contributed by atoms with Crippen molar-refractivity contribution in [3.05, 3.63) is 76.0 Å². The van der Waals surface area contributed by atoms with Gasteiger partial charge in [-0.1, -0.05) is 24.3 Å². The van der Waals surface area contributed by atoms with E-state index in [0.717, 1.165) is 17.1 Å². The van der Waals surface area contributed by atoms with E-state index in [1.54, 1.807) is 11.3 Å². The first-order valence-electron chi connectivity index (χ1n) is 9.15. The summed E-state index contributed by atoms with van der Waals surface area (Å²) in [4.78, 5) is 16.0. The van der Waals surface area contributed by atoms with Crippen molar-refractivity contribution < 1.29 is 19.0 Å². The Morgan fingerprint density at radius 1 is 1.11 bits per heavy atom. The summed E-state index contributed by atoms with van der Waals surface area (Å²) in [6.07, 6.45) is -0.506. The van der Waals surface area contributed by atoms with Gasteiger partial charge >= 0.3 is 0 Å². The summed E-state index contributed by atoms with van der Waals surface area (Å²) >= 11 is 1.67. The Kier molecular flexibility index (Phi) is 4.20. The van der Waals surface area contributed by atoms with Gasteiger partial charge in [0.25, 0.3) is 5.91 Å². The number of para-hydroxylation sites is 1. The summed E-state index contributed by atoms with van der Waals surface area (Å²) in [7, 11) is 0. The van der Waals surface area contributed by atoms with Crippen LogP contribution >= 0.6 is 11.3 Å². The number of amides is 1. The van der Waals surface area contributed by atoms with Gasteiger partial charge in [-0.3, -0.25) is 4.79 Å². The Bertz CT molecular complexity index is 1020. The van der Waals surface area contributed by atoms with E-state index in [1.165, 1.54) is 10.4 Å². The standard InChI is InChI=1S/C22H19NO4S/c1-14-9-10-28-21(14)19-20(27-16-5-3-2-4-6-16)22(24)23(19)12-15-7-8-17-18(11-15)26-13-25-17/h2-11,19-20H,12-13H2,1H3/t19-,20+/m0/s1. The van der Waals surface area contributed by atoms with Gasteiger partial charge < -0.3 is 19.1 Å². The van der Waals surface area contributed by atoms with Crippen LogP contribution in [0.5, 0.6) is 17.2 Å². The molecule has 5 nitrogen and oxygen atoms in total. The van der Waals surface area contributed by atoms with Gasteiger partial charge in [-0.15, -0.1) is 11.3 Å². The molecule has 1 fully saturated rings. The normalized spacial score (nSPS) is 20.2. The first-order valence-corrected chi connectivity index (χ1v) is 10.0. The number of rotatable bonds is 5. The van der Waals surface area contributed by atoms with Crippen LogP contribution in [-0.2, 0) is 11.3 Å². The molecule has 3 aromatic rings. The Balaban J connectivity index is 1.42. The molecule has 1 aromatic heterocycles. The second kappa shape index (κ2) is 6.87. The highest BCUT2D eigenvalue weighted by atomic mass is 32.1. The van der Waals surface area contributed by atoms with E-state index >= 15 is 0 Å². The molecule has 1 amide bonds. The second-order valence-corrected chi connectivity index (χ2v) is 7.87. The first kappa shape index (κ1) is 17.1. The third-order valence-electron chi connectivity index (χ3n) is 5.12. The molecule has 3 heterocycles. The zero-order valence-electron chi connectivity index (χ0n) is 15.3. The van der Waals surface area contributed by atoms with Gasteiger partial charge in [-0.25, -0.2) is 0 Å². The molecule has 2 atom stereocenters. The van der Waals surface area contributed by atoms with Crippen LogP contribution in [0.15, 0.2) is 60.0 Å². The van der Waals surface area contributed by atoms with Crippen molar-refractivity contribution in [1.29, 1.82) is 0 Å². The predicted octanol–water partition coefficient (Wildman–Crippen LogP) is 4.32. The number of fused-ring (bicyclic) bond motifs is 1. The van der Waals surface area contributed by atoms with Gasteiger partial charge in [0.05, 0.1) is 0 Å². The highest BCUT2D eigenvalue weighted by Gasteiger charge is 2.51. The second-order valence-electron chi connectivity index (χ2n) is 6.92. The van der Waals surface area contributed by atoms with Crippen LogP contribution in [0.4, 0.5) is 0 Å². The number of carbonyl (C=O) groups is 1. The maximum absolute atomic E-state index is 13.0. The van der Waals surface area contributed by atoms with E-state index in [1.807, 2.05) is 53.4 Å². The minimum absolute atomic E-state index is 0.000630. The molecule has 2 aromatic carbocycles. The molecule has 0 aliphatic carbocycles. The van der Waals surface area contributed by atoms with Crippen LogP contribution in [0.1, 0.15) is 22.0 Å². The summed E-state index contributed by atoms with van der Waals surface area (Å²) < 4.78 is 16.9. The van der Waals surface area contributed by atoms with Gasteiger partial charge in [0.15, 0.2) is 11.5 Å². The van der Waals surface area contributed by atoms with Crippen molar-refractivity contribution in [2.45, 2.75) is 25.6 Å². The zero-order chi connectivity index (χ0) is 19.1. The average molecular weight is 393 g/mol. The summed E-state index contributed by atoms with van der Waals surface area (Å²) in [6, 6.07) is 17.3. The minimum Gasteiger partial charge on any atom is -0.478 e. The van der Waals surface area contributed by atoms with E-state index in [-0.39, 0.29) is 18.7 Å². The molecule has 28 heavy (non-hydrogen) atoms. The number of aryl methyl sites for hydroxylation is 1. The van der Waals surface area contributed by atoms with Crippen molar-refractivity contribution in [2.75, 3.05) is 6.79 Å². The van der Waals surface area contributed by atoms with Gasteiger partial charge in [0.2, 0.25) is 12.9 Å². The largest absolute Gasteiger partial charge is 0.478 e. The third kappa shape index (κ3) is 2.90. The fourth-order valence-corrected chi connectivity index (χ4v) is 4.72. The van der Waals surface area contributed by atoms with Crippen LogP contribution in [0.25, 0.3) is 0 Å². The lowest BCUT2D eigenvalue weighted by atomic mass is 9.93. The summed E-state index contributed by atoms with van der Waals surface area (Å²) in [6.45, 7) is 2.82. The van der Waals surface area contributed by atoms with Crippen LogP contribution in [0.2, 0.25) is 0 Å². The number of hydrogen-bond donors (Lipinski definition) is 0. The Morgan fingerprint density at radius 3 is 2.71 bits per heavy atom. The average Bonchev–Trinajstić information content (AvgIpc) is 3.36. The fourth-order valence-electron chi connectivity index (χ4n) is 3.66. The molecule has 0 spiro atoms. The Labute approximate surface area is 167 Å². The molecule has 6 heteroatoms. The molecule has 1 saturated heterocycles. The van der Waals surface area contributed by atoms with Gasteiger partial charge in [-0.05, 0) is 53.8 Å². The van der Waals surface area contributed by atoms with Crippen molar-refractivity contribution in [2.24, 2.45) is 0 Å². The molecule has 5 rings (SSSR count). The van der Waals surface area contributed by atoms with Gasteiger partial charge in [0, 0.05) is 11.4 Å². The Hall–Kier alpha value is -2.99. The number of thiophene rings is 1. The van der Waals surface area contributed by atoms with E-state index in [2.05, 4.69) is 18.4 Å². The maximum atomic E-state index is 13.0. The van der Waals surface area contributed by atoms with Crippen molar-refractivity contribution in [3.63, 3.8) is 0 Å². The van der Waals surface area contributed by atoms with E-state index in [4.69, 9.17) is 14.2 Å². The number of benzene rings is 2. The van der Waals surface area contributed by atoms with E-state index in [9.17, 15) is 4.79 Å². The van der Waals surface area contributed by atoms with Crippen LogP contribution in [0, 0.1) is 6.92 Å². The number of likely N-dealkylation sites (tertiary alicyclic amines) is 1. The smallest absolute Gasteiger partial charge is 0.267 e. The summed E-state index contributed by atoms with van der Waals surface area (Å²) in [5.74, 6) is 2.18. The quantitative estimate of drug-likeness (QED) is 0.606. The lowest BCUT2D eigenvalue weighted by Crippen LogP contribution is -2.60. The molecular weight excluding hydrogens is 374 g/mol. The van der Waals surface area contributed by atoms with Crippen LogP contribution in [0.3, 0.4) is 0 Å². The summed E-state index contributed by atoms with van der Waals surface area (Å²) in [5.41, 5.74) is 2.19. The predicted molar refractivity (Wildman–Crippen MR) is 106 cm³/mol. The number of carbonyl (C=O) groups excluding carboxylic acids is 1. The van der Waals surface area contributed by atoms with Crippen molar-refractivity contribution >= 4 is 17.2 Å². The van der Waals surface area contributed by atoms with Crippen LogP contribution < -0.4 is 14.2 Å². The minimum atomic E-state index is -0.506. The number of β-lactam (4-membered cyclic amide) rings is 1. The van der Waals surface area contributed by atoms with E-state index < -0.39 is 6.10 Å². The van der Waals surface area contributed by atoms with Gasteiger partial charge in [0.1, 0.15) is 11.8 Å². The lowest BCUT2D eigenvalue weighted by Gasteiger charge is -2.46. The number of ether oxygens (including phenoxy) is 3. The molecule has 0 saturated carbocycles. The SMILES string of the molecule is Cc1ccsc1[C@@H]1[C@@H](Oc2ccccc2)C(=O)N1Cc1ccc2c(c1)OCO2. The molecule has 0 N–H and O–H groups in total. The first-order chi connectivity index (χ1) is 13.7. The van der Waals surface area contributed by atoms with Gasteiger partial charge in [-0.2, -0.15) is 0 Å². The van der Waals surface area contributed by atoms with Crippen LogP contribution in [-0.4, -0.2) is 23.7 Å². The number of nitrogens with zero attached hydrogens (tertiary/aromatic N) is 1. The maximum Gasteiger partial charge on any atom is 0.267 e. The molecule has 0 unspecified atom stereocenters. The van der Waals surface area contributed by atoms with Crippen molar-refractivity contribution in [1.82, 2.24) is 4.90 Å². The zero-order valence-corrected chi connectivity index (χ0v) is 16.1. The summed E-state index contributed by atoms with van der Waals surface area (Å²) in [5, 5.41) is 2.06. The third-order valence-corrected chi connectivity index (χ3v) is 6.21. The topological polar surface area (TPSA) is 48.0 Å². The highest BCUT2D eigenvalue weighted by molar-refractivity contribution is 7.10. The fraction of sp³-hybridized carbons (Fsp3) is 0.227. The number of hydrogen-bond acceptors (Lipinski definition) is 5.